The summed E-state index contributed by atoms with van der Waals surface area (Å²) >= 11 is 1.88. The third kappa shape index (κ3) is 2.57. The Morgan fingerprint density at radius 3 is 2.56 bits per heavy atom. The fourth-order valence-electron chi connectivity index (χ4n) is 1.73. The quantitative estimate of drug-likeness (QED) is 0.812. The van der Waals surface area contributed by atoms with Crippen LogP contribution in [0.3, 0.4) is 0 Å². The topological polar surface area (TPSA) is 26.0 Å². The molecule has 0 aliphatic rings. The highest BCUT2D eigenvalue weighted by molar-refractivity contribution is 8.00. The number of rotatable bonds is 4. The van der Waals surface area contributed by atoms with Crippen molar-refractivity contribution in [1.29, 1.82) is 0 Å². The van der Waals surface area contributed by atoms with Crippen molar-refractivity contribution < 1.29 is 0 Å². The molecule has 0 aliphatic carbocycles. The predicted molar refractivity (Wildman–Crippen MR) is 72.9 cm³/mol. The number of hydrogen-bond donors (Lipinski definition) is 1. The standard InChI is InChI=1S/C14H17NS/c1-2-13(10-15)16-14-8-7-11-5-3-4-6-12(11)9-14/h3-9,13H,2,10,15H2,1H3. The van der Waals surface area contributed by atoms with E-state index in [1.54, 1.807) is 0 Å². The normalized spacial score (nSPS) is 12.9. The van der Waals surface area contributed by atoms with E-state index in [4.69, 9.17) is 5.73 Å². The van der Waals surface area contributed by atoms with E-state index in [2.05, 4.69) is 49.4 Å². The first-order valence-electron chi connectivity index (χ1n) is 5.69. The van der Waals surface area contributed by atoms with Gasteiger partial charge in [-0.05, 0) is 29.3 Å². The van der Waals surface area contributed by atoms with Gasteiger partial charge >= 0.3 is 0 Å². The van der Waals surface area contributed by atoms with Gasteiger partial charge in [0.1, 0.15) is 0 Å². The van der Waals surface area contributed by atoms with Crippen molar-refractivity contribution in [3.8, 4) is 0 Å². The van der Waals surface area contributed by atoms with Gasteiger partial charge in [-0.2, -0.15) is 0 Å². The van der Waals surface area contributed by atoms with Crippen LogP contribution < -0.4 is 5.73 Å². The first-order chi connectivity index (χ1) is 7.83. The summed E-state index contributed by atoms with van der Waals surface area (Å²) in [6.07, 6.45) is 1.12. The van der Waals surface area contributed by atoms with Crippen molar-refractivity contribution in [2.75, 3.05) is 6.54 Å². The van der Waals surface area contributed by atoms with Gasteiger partial charge in [0.05, 0.1) is 0 Å². The molecule has 0 aliphatic heterocycles. The molecule has 0 radical (unpaired) electrons. The van der Waals surface area contributed by atoms with Crippen molar-refractivity contribution in [1.82, 2.24) is 0 Å². The van der Waals surface area contributed by atoms with Gasteiger partial charge in [0, 0.05) is 16.7 Å². The van der Waals surface area contributed by atoms with E-state index in [0.717, 1.165) is 13.0 Å². The van der Waals surface area contributed by atoms with E-state index < -0.39 is 0 Å². The first-order valence-corrected chi connectivity index (χ1v) is 6.57. The second-order valence-electron chi connectivity index (χ2n) is 3.89. The minimum atomic E-state index is 0.529. The lowest BCUT2D eigenvalue weighted by atomic mass is 10.1. The Hall–Kier alpha value is -0.990. The first kappa shape index (κ1) is 11.5. The second-order valence-corrected chi connectivity index (χ2v) is 5.27. The molecule has 84 valence electrons. The smallest absolute Gasteiger partial charge is 0.0214 e. The largest absolute Gasteiger partial charge is 0.329 e. The zero-order valence-electron chi connectivity index (χ0n) is 9.52. The molecular weight excluding hydrogens is 214 g/mol. The van der Waals surface area contributed by atoms with Crippen molar-refractivity contribution in [3.05, 3.63) is 42.5 Å². The SMILES string of the molecule is CCC(CN)Sc1ccc2ccccc2c1. The lowest BCUT2D eigenvalue weighted by Crippen LogP contribution is -2.15. The zero-order chi connectivity index (χ0) is 11.4. The number of fused-ring (bicyclic) bond motifs is 1. The monoisotopic (exact) mass is 231 g/mol. The number of benzene rings is 2. The Labute approximate surface area is 101 Å². The fraction of sp³-hybridized carbons (Fsp3) is 0.286. The zero-order valence-corrected chi connectivity index (χ0v) is 10.3. The van der Waals surface area contributed by atoms with E-state index in [1.807, 2.05) is 11.8 Å². The lowest BCUT2D eigenvalue weighted by molar-refractivity contribution is 0.827. The Bertz CT molecular complexity index is 463. The summed E-state index contributed by atoms with van der Waals surface area (Å²) < 4.78 is 0. The van der Waals surface area contributed by atoms with Crippen LogP contribution in [0.2, 0.25) is 0 Å². The summed E-state index contributed by atoms with van der Waals surface area (Å²) in [5.41, 5.74) is 5.72. The number of thioether (sulfide) groups is 1. The molecule has 0 amide bonds. The molecule has 0 fully saturated rings. The summed E-state index contributed by atoms with van der Waals surface area (Å²) in [6, 6.07) is 15.1. The maximum atomic E-state index is 5.72. The predicted octanol–water partition coefficient (Wildman–Crippen LogP) is 3.67. The second kappa shape index (κ2) is 5.37. The minimum absolute atomic E-state index is 0.529. The summed E-state index contributed by atoms with van der Waals surface area (Å²) in [7, 11) is 0. The van der Waals surface area contributed by atoms with Crippen LogP contribution in [0.25, 0.3) is 10.8 Å². The highest BCUT2D eigenvalue weighted by atomic mass is 32.2. The van der Waals surface area contributed by atoms with Crippen LogP contribution in [0.15, 0.2) is 47.4 Å². The number of hydrogen-bond acceptors (Lipinski definition) is 2. The Morgan fingerprint density at radius 2 is 1.88 bits per heavy atom. The van der Waals surface area contributed by atoms with E-state index in [0.29, 0.717) is 5.25 Å². The van der Waals surface area contributed by atoms with Crippen LogP contribution in [-0.4, -0.2) is 11.8 Å². The van der Waals surface area contributed by atoms with Crippen LogP contribution in [0, 0.1) is 0 Å². The van der Waals surface area contributed by atoms with E-state index >= 15 is 0 Å². The minimum Gasteiger partial charge on any atom is -0.329 e. The van der Waals surface area contributed by atoms with Crippen molar-refractivity contribution in [2.45, 2.75) is 23.5 Å². The molecule has 2 aromatic rings. The molecule has 1 atom stereocenters. The summed E-state index contributed by atoms with van der Waals surface area (Å²) in [4.78, 5) is 1.32. The van der Waals surface area contributed by atoms with Crippen molar-refractivity contribution >= 4 is 22.5 Å². The van der Waals surface area contributed by atoms with Gasteiger partial charge in [-0.1, -0.05) is 37.3 Å². The Morgan fingerprint density at radius 1 is 1.12 bits per heavy atom. The molecule has 16 heavy (non-hydrogen) atoms. The maximum absolute atomic E-state index is 5.72. The van der Waals surface area contributed by atoms with E-state index in [1.165, 1.54) is 15.7 Å². The molecule has 2 heteroatoms. The third-order valence-corrected chi connectivity index (χ3v) is 4.13. The van der Waals surface area contributed by atoms with E-state index in [-0.39, 0.29) is 0 Å². The van der Waals surface area contributed by atoms with Gasteiger partial charge in [0.15, 0.2) is 0 Å². The third-order valence-electron chi connectivity index (χ3n) is 2.74. The summed E-state index contributed by atoms with van der Waals surface area (Å²) in [5, 5.41) is 3.13. The average molecular weight is 231 g/mol. The molecule has 1 unspecified atom stereocenters. The Balaban J connectivity index is 2.25. The molecule has 0 saturated carbocycles. The average Bonchev–Trinajstić information content (AvgIpc) is 2.35. The van der Waals surface area contributed by atoms with Gasteiger partial charge in [0.25, 0.3) is 0 Å². The molecule has 0 bridgehead atoms. The molecule has 0 spiro atoms. The van der Waals surface area contributed by atoms with Gasteiger partial charge < -0.3 is 5.73 Å². The van der Waals surface area contributed by atoms with Gasteiger partial charge in [-0.3, -0.25) is 0 Å². The van der Waals surface area contributed by atoms with Gasteiger partial charge in [-0.15, -0.1) is 11.8 Å². The van der Waals surface area contributed by atoms with Crippen LogP contribution in [-0.2, 0) is 0 Å². The van der Waals surface area contributed by atoms with Crippen LogP contribution in [0.1, 0.15) is 13.3 Å². The summed E-state index contributed by atoms with van der Waals surface area (Å²) in [5.74, 6) is 0. The van der Waals surface area contributed by atoms with E-state index in [9.17, 15) is 0 Å². The molecular formula is C14H17NS. The molecule has 1 nitrogen and oxygen atoms in total. The summed E-state index contributed by atoms with van der Waals surface area (Å²) in [6.45, 7) is 2.93. The van der Waals surface area contributed by atoms with Crippen molar-refractivity contribution in [3.63, 3.8) is 0 Å². The molecule has 2 rings (SSSR count). The molecule has 2 aromatic carbocycles. The maximum Gasteiger partial charge on any atom is 0.0214 e. The van der Waals surface area contributed by atoms with Crippen LogP contribution in [0.4, 0.5) is 0 Å². The fourth-order valence-corrected chi connectivity index (χ4v) is 2.72. The van der Waals surface area contributed by atoms with Gasteiger partial charge in [-0.25, -0.2) is 0 Å². The molecule has 0 aromatic heterocycles. The van der Waals surface area contributed by atoms with Gasteiger partial charge in [0.2, 0.25) is 0 Å². The highest BCUT2D eigenvalue weighted by Gasteiger charge is 2.05. The molecule has 2 N–H and O–H groups in total. The number of nitrogens with two attached hydrogens (primary N) is 1. The van der Waals surface area contributed by atoms with Crippen molar-refractivity contribution in [2.24, 2.45) is 5.73 Å². The Kier molecular flexibility index (Phi) is 3.86. The lowest BCUT2D eigenvalue weighted by Gasteiger charge is -2.11. The van der Waals surface area contributed by atoms with Crippen LogP contribution in [0.5, 0.6) is 0 Å². The van der Waals surface area contributed by atoms with Crippen LogP contribution >= 0.6 is 11.8 Å². The highest BCUT2D eigenvalue weighted by Crippen LogP contribution is 2.27. The molecule has 0 heterocycles. The molecule has 0 saturated heterocycles.